The van der Waals surface area contributed by atoms with Crippen molar-refractivity contribution in [2.75, 3.05) is 30.2 Å². The minimum atomic E-state index is -0.647. The van der Waals surface area contributed by atoms with Crippen LogP contribution in [0, 0.1) is 6.92 Å². The molecule has 1 N–H and O–H groups in total. The fourth-order valence-electron chi connectivity index (χ4n) is 3.85. The van der Waals surface area contributed by atoms with Gasteiger partial charge in [0.15, 0.2) is 17.6 Å². The molecule has 3 aromatic carbocycles. The molecule has 174 valence electrons. The van der Waals surface area contributed by atoms with Crippen LogP contribution in [0.25, 0.3) is 0 Å². The van der Waals surface area contributed by atoms with Gasteiger partial charge in [0.2, 0.25) is 6.79 Å². The first-order valence-electron chi connectivity index (χ1n) is 11.0. The van der Waals surface area contributed by atoms with Crippen molar-refractivity contribution in [1.82, 2.24) is 0 Å². The molecule has 8 heteroatoms. The highest BCUT2D eigenvalue weighted by molar-refractivity contribution is 6.05. The molecule has 1 unspecified atom stereocenters. The van der Waals surface area contributed by atoms with E-state index < -0.39 is 6.10 Å². The fourth-order valence-corrected chi connectivity index (χ4v) is 3.85. The van der Waals surface area contributed by atoms with Gasteiger partial charge in [0.1, 0.15) is 18.1 Å². The minimum absolute atomic E-state index is 0.142. The molecule has 0 saturated carbocycles. The van der Waals surface area contributed by atoms with E-state index in [0.29, 0.717) is 47.3 Å². The largest absolute Gasteiger partial charge is 0.492 e. The van der Waals surface area contributed by atoms with Gasteiger partial charge in [-0.25, -0.2) is 0 Å². The van der Waals surface area contributed by atoms with E-state index >= 15 is 0 Å². The number of nitrogens with one attached hydrogen (secondary N) is 1. The highest BCUT2D eigenvalue weighted by Gasteiger charge is 2.31. The third kappa shape index (κ3) is 4.34. The van der Waals surface area contributed by atoms with Crippen molar-refractivity contribution in [3.05, 3.63) is 71.8 Å². The number of anilines is 2. The Morgan fingerprint density at radius 2 is 1.82 bits per heavy atom. The van der Waals surface area contributed by atoms with E-state index in [2.05, 4.69) is 5.32 Å². The summed E-state index contributed by atoms with van der Waals surface area (Å²) < 4.78 is 22.3. The normalized spacial score (nSPS) is 16.0. The second kappa shape index (κ2) is 8.97. The number of benzene rings is 3. The van der Waals surface area contributed by atoms with Crippen LogP contribution in [0.1, 0.15) is 22.8 Å². The van der Waals surface area contributed by atoms with Crippen molar-refractivity contribution in [2.45, 2.75) is 20.0 Å². The first kappa shape index (κ1) is 21.6. The van der Waals surface area contributed by atoms with E-state index in [9.17, 15) is 9.59 Å². The number of rotatable bonds is 6. The van der Waals surface area contributed by atoms with E-state index in [1.54, 1.807) is 48.2 Å². The fraction of sp³-hybridized carbons (Fsp3) is 0.231. The molecule has 34 heavy (non-hydrogen) atoms. The Morgan fingerprint density at radius 1 is 1.03 bits per heavy atom. The molecule has 0 saturated heterocycles. The van der Waals surface area contributed by atoms with E-state index in [-0.39, 0.29) is 18.6 Å². The molecule has 0 aromatic heterocycles. The Morgan fingerprint density at radius 3 is 2.65 bits per heavy atom. The van der Waals surface area contributed by atoms with Crippen LogP contribution in [-0.2, 0) is 4.79 Å². The quantitative estimate of drug-likeness (QED) is 0.594. The Bertz CT molecular complexity index is 1240. The zero-order valence-corrected chi connectivity index (χ0v) is 18.9. The van der Waals surface area contributed by atoms with E-state index in [1.165, 1.54) is 0 Å². The Kier molecular flexibility index (Phi) is 5.71. The SMILES string of the molecule is Cc1ccc(OCCN2C(=O)C(C)Oc3cc(NC(=O)c4ccc5c(c4)OCO5)ccc32)cc1. The molecular formula is C26H24N2O6. The van der Waals surface area contributed by atoms with Gasteiger partial charge in [-0.15, -0.1) is 0 Å². The third-order valence-corrected chi connectivity index (χ3v) is 5.67. The van der Waals surface area contributed by atoms with Crippen LogP contribution in [0.5, 0.6) is 23.0 Å². The van der Waals surface area contributed by atoms with Crippen LogP contribution in [0.15, 0.2) is 60.7 Å². The average Bonchev–Trinajstić information content (AvgIpc) is 3.31. The summed E-state index contributed by atoms with van der Waals surface area (Å²) in [7, 11) is 0. The summed E-state index contributed by atoms with van der Waals surface area (Å²) in [6, 6.07) is 18.0. The molecular weight excluding hydrogens is 436 g/mol. The van der Waals surface area contributed by atoms with Gasteiger partial charge >= 0.3 is 0 Å². The highest BCUT2D eigenvalue weighted by atomic mass is 16.7. The van der Waals surface area contributed by atoms with Gasteiger partial charge in [-0.3, -0.25) is 9.59 Å². The molecule has 8 nitrogen and oxygen atoms in total. The van der Waals surface area contributed by atoms with Crippen LogP contribution in [0.4, 0.5) is 11.4 Å². The summed E-state index contributed by atoms with van der Waals surface area (Å²) in [6.45, 7) is 4.57. The molecule has 0 aliphatic carbocycles. The van der Waals surface area contributed by atoms with Gasteiger partial charge < -0.3 is 29.2 Å². The lowest BCUT2D eigenvalue weighted by molar-refractivity contribution is -0.125. The topological polar surface area (TPSA) is 86.3 Å². The number of nitrogens with zero attached hydrogens (tertiary/aromatic N) is 1. The summed E-state index contributed by atoms with van der Waals surface area (Å²) in [4.78, 5) is 27.2. The number of aryl methyl sites for hydroxylation is 1. The molecule has 0 radical (unpaired) electrons. The molecule has 3 aromatic rings. The van der Waals surface area contributed by atoms with Gasteiger partial charge in [-0.05, 0) is 56.3 Å². The number of fused-ring (bicyclic) bond motifs is 2. The maximum atomic E-state index is 12.8. The zero-order valence-electron chi connectivity index (χ0n) is 18.9. The average molecular weight is 460 g/mol. The van der Waals surface area contributed by atoms with E-state index in [4.69, 9.17) is 18.9 Å². The van der Waals surface area contributed by atoms with E-state index in [1.807, 2.05) is 31.2 Å². The Labute approximate surface area is 197 Å². The van der Waals surface area contributed by atoms with Crippen LogP contribution in [0.3, 0.4) is 0 Å². The Balaban J connectivity index is 1.29. The standard InChI is InChI=1S/C26H24N2O6/c1-16-3-7-20(8-4-16)31-12-11-28-21-9-6-19(14-23(21)34-17(2)26(28)30)27-25(29)18-5-10-22-24(13-18)33-15-32-22/h3-10,13-14,17H,11-12,15H2,1-2H3,(H,27,29). The first-order valence-corrected chi connectivity index (χ1v) is 11.0. The summed E-state index contributed by atoms with van der Waals surface area (Å²) in [6.07, 6.45) is -0.647. The van der Waals surface area contributed by atoms with Crippen molar-refractivity contribution in [3.63, 3.8) is 0 Å². The number of amides is 2. The lowest BCUT2D eigenvalue weighted by Gasteiger charge is -2.33. The highest BCUT2D eigenvalue weighted by Crippen LogP contribution is 2.37. The smallest absolute Gasteiger partial charge is 0.267 e. The van der Waals surface area contributed by atoms with E-state index in [0.717, 1.165) is 11.3 Å². The van der Waals surface area contributed by atoms with Gasteiger partial charge in [0.05, 0.1) is 12.2 Å². The van der Waals surface area contributed by atoms with Crippen molar-refractivity contribution in [1.29, 1.82) is 0 Å². The van der Waals surface area contributed by atoms with Crippen molar-refractivity contribution in [3.8, 4) is 23.0 Å². The van der Waals surface area contributed by atoms with Crippen LogP contribution >= 0.6 is 0 Å². The molecule has 2 heterocycles. The van der Waals surface area contributed by atoms with Gasteiger partial charge in [0, 0.05) is 17.3 Å². The number of hydrogen-bond donors (Lipinski definition) is 1. The van der Waals surface area contributed by atoms with Crippen LogP contribution in [0.2, 0.25) is 0 Å². The summed E-state index contributed by atoms with van der Waals surface area (Å²) in [5.41, 5.74) is 2.79. The molecule has 2 amide bonds. The Hall–Kier alpha value is -4.20. The predicted octanol–water partition coefficient (Wildman–Crippen LogP) is 4.17. The molecule has 5 rings (SSSR count). The summed E-state index contributed by atoms with van der Waals surface area (Å²) in [5, 5.41) is 2.87. The van der Waals surface area contributed by atoms with Crippen LogP contribution < -0.4 is 29.2 Å². The number of ether oxygens (including phenoxy) is 4. The van der Waals surface area contributed by atoms with Crippen molar-refractivity contribution >= 4 is 23.2 Å². The molecule has 2 aliphatic heterocycles. The third-order valence-electron chi connectivity index (χ3n) is 5.67. The van der Waals surface area contributed by atoms with Gasteiger partial charge in [0.25, 0.3) is 11.8 Å². The molecule has 2 aliphatic rings. The second-order valence-corrected chi connectivity index (χ2v) is 8.12. The molecule has 0 bridgehead atoms. The maximum absolute atomic E-state index is 12.8. The predicted molar refractivity (Wildman–Crippen MR) is 126 cm³/mol. The first-order chi connectivity index (χ1) is 16.5. The maximum Gasteiger partial charge on any atom is 0.267 e. The van der Waals surface area contributed by atoms with Crippen molar-refractivity contribution in [2.24, 2.45) is 0 Å². The lowest BCUT2D eigenvalue weighted by Crippen LogP contribution is -2.46. The zero-order chi connectivity index (χ0) is 23.7. The monoisotopic (exact) mass is 460 g/mol. The number of carbonyl (C=O) groups excluding carboxylic acids is 2. The second-order valence-electron chi connectivity index (χ2n) is 8.12. The van der Waals surface area contributed by atoms with Gasteiger partial charge in [-0.2, -0.15) is 0 Å². The van der Waals surface area contributed by atoms with Crippen LogP contribution in [-0.4, -0.2) is 37.9 Å². The van der Waals surface area contributed by atoms with Crippen molar-refractivity contribution < 1.29 is 28.5 Å². The number of hydrogen-bond acceptors (Lipinski definition) is 6. The lowest BCUT2D eigenvalue weighted by atomic mass is 10.1. The van der Waals surface area contributed by atoms with Gasteiger partial charge in [-0.1, -0.05) is 17.7 Å². The minimum Gasteiger partial charge on any atom is -0.492 e. The molecule has 0 fully saturated rings. The summed E-state index contributed by atoms with van der Waals surface area (Å²) >= 11 is 0. The molecule has 1 atom stereocenters. The molecule has 0 spiro atoms. The number of carbonyl (C=O) groups is 2. The summed E-state index contributed by atoms with van der Waals surface area (Å²) in [5.74, 6) is 1.99.